The number of rotatable bonds is 7. The molecule has 0 atom stereocenters. The van der Waals surface area contributed by atoms with Crippen molar-refractivity contribution in [1.29, 1.82) is 0 Å². The molecular weight excluding hydrogens is 268 g/mol. The Labute approximate surface area is 117 Å². The van der Waals surface area contributed by atoms with Gasteiger partial charge in [0.25, 0.3) is 0 Å². The molecule has 0 heterocycles. The lowest BCUT2D eigenvalue weighted by atomic mass is 9.85. The first kappa shape index (κ1) is 17.8. The molecule has 0 aromatic heterocycles. The summed E-state index contributed by atoms with van der Waals surface area (Å²) in [5.41, 5.74) is -0.673. The maximum atomic E-state index is 11.7. The quantitative estimate of drug-likeness (QED) is 0.740. The second-order valence-corrected chi connectivity index (χ2v) is 6.16. The smallest absolute Gasteiger partial charge is 0.323 e. The van der Waals surface area contributed by atoms with Gasteiger partial charge in [0, 0.05) is 25.8 Å². The molecule has 0 spiro atoms. The molecular formula is C12H22N2O4S. The first-order chi connectivity index (χ1) is 8.68. The van der Waals surface area contributed by atoms with Crippen LogP contribution in [0.2, 0.25) is 0 Å². The van der Waals surface area contributed by atoms with Gasteiger partial charge in [-0.1, -0.05) is 13.8 Å². The minimum atomic E-state index is -0.957. The molecule has 0 aromatic carbocycles. The normalized spacial score (nSPS) is 10.9. The van der Waals surface area contributed by atoms with Crippen LogP contribution in [0.5, 0.6) is 0 Å². The SMILES string of the molecule is CSCCN(C)C(=O)NC(=O)CC(C)(C)CC(=O)O. The highest BCUT2D eigenvalue weighted by molar-refractivity contribution is 7.98. The largest absolute Gasteiger partial charge is 0.481 e. The number of amides is 3. The maximum absolute atomic E-state index is 11.7. The fourth-order valence-electron chi connectivity index (χ4n) is 1.50. The van der Waals surface area contributed by atoms with Crippen LogP contribution in [0.25, 0.3) is 0 Å². The van der Waals surface area contributed by atoms with Gasteiger partial charge in [-0.3, -0.25) is 14.9 Å². The molecule has 19 heavy (non-hydrogen) atoms. The van der Waals surface area contributed by atoms with Crippen molar-refractivity contribution >= 4 is 29.7 Å². The van der Waals surface area contributed by atoms with Gasteiger partial charge in [-0.05, 0) is 11.7 Å². The zero-order valence-corrected chi connectivity index (χ0v) is 12.7. The number of hydrogen-bond donors (Lipinski definition) is 2. The lowest BCUT2D eigenvalue weighted by Gasteiger charge is -2.22. The van der Waals surface area contributed by atoms with Gasteiger partial charge in [-0.15, -0.1) is 0 Å². The number of nitrogens with zero attached hydrogens (tertiary/aromatic N) is 1. The van der Waals surface area contributed by atoms with E-state index in [0.29, 0.717) is 6.54 Å². The van der Waals surface area contributed by atoms with Crippen LogP contribution in [-0.4, -0.2) is 53.5 Å². The van der Waals surface area contributed by atoms with Crippen LogP contribution in [0.15, 0.2) is 0 Å². The highest BCUT2D eigenvalue weighted by atomic mass is 32.2. The summed E-state index contributed by atoms with van der Waals surface area (Å²) in [6.45, 7) is 3.92. The lowest BCUT2D eigenvalue weighted by Crippen LogP contribution is -2.43. The van der Waals surface area contributed by atoms with Crippen LogP contribution < -0.4 is 5.32 Å². The number of thioether (sulfide) groups is 1. The van der Waals surface area contributed by atoms with E-state index in [0.717, 1.165) is 5.75 Å². The number of carboxylic acid groups (broad SMARTS) is 1. The van der Waals surface area contributed by atoms with Gasteiger partial charge >= 0.3 is 12.0 Å². The Morgan fingerprint density at radius 2 is 1.84 bits per heavy atom. The van der Waals surface area contributed by atoms with Crippen molar-refractivity contribution in [3.05, 3.63) is 0 Å². The minimum Gasteiger partial charge on any atom is -0.481 e. The fraction of sp³-hybridized carbons (Fsp3) is 0.750. The standard InChI is InChI=1S/C12H22N2O4S/c1-12(2,8-10(16)17)7-9(15)13-11(18)14(3)5-6-19-4/h5-8H2,1-4H3,(H,16,17)(H,13,15,18). The van der Waals surface area contributed by atoms with E-state index in [9.17, 15) is 14.4 Å². The monoisotopic (exact) mass is 290 g/mol. The number of carboxylic acids is 1. The molecule has 0 aliphatic carbocycles. The molecule has 0 fully saturated rings. The Bertz CT molecular complexity index is 345. The van der Waals surface area contributed by atoms with Crippen molar-refractivity contribution in [3.63, 3.8) is 0 Å². The Hall–Kier alpha value is -1.24. The maximum Gasteiger partial charge on any atom is 0.323 e. The molecule has 0 saturated carbocycles. The summed E-state index contributed by atoms with van der Waals surface area (Å²) >= 11 is 1.61. The van der Waals surface area contributed by atoms with Gasteiger partial charge in [0.15, 0.2) is 0 Å². The molecule has 0 aliphatic rings. The Morgan fingerprint density at radius 3 is 2.32 bits per heavy atom. The van der Waals surface area contributed by atoms with E-state index in [1.165, 1.54) is 4.90 Å². The van der Waals surface area contributed by atoms with Crippen molar-refractivity contribution in [1.82, 2.24) is 10.2 Å². The Kier molecular flexibility index (Phi) is 7.51. The lowest BCUT2D eigenvalue weighted by molar-refractivity contribution is -0.139. The van der Waals surface area contributed by atoms with Crippen LogP contribution in [0.3, 0.4) is 0 Å². The Morgan fingerprint density at radius 1 is 1.26 bits per heavy atom. The third kappa shape index (κ3) is 8.47. The average molecular weight is 290 g/mol. The van der Waals surface area contributed by atoms with Crippen LogP contribution in [0.1, 0.15) is 26.7 Å². The van der Waals surface area contributed by atoms with Gasteiger partial charge in [-0.25, -0.2) is 4.79 Å². The van der Waals surface area contributed by atoms with Crippen LogP contribution in [0, 0.1) is 5.41 Å². The molecule has 2 N–H and O–H groups in total. The van der Waals surface area contributed by atoms with E-state index in [2.05, 4.69) is 5.32 Å². The molecule has 0 bridgehead atoms. The summed E-state index contributed by atoms with van der Waals surface area (Å²) in [4.78, 5) is 35.4. The summed E-state index contributed by atoms with van der Waals surface area (Å²) in [7, 11) is 1.61. The molecule has 7 heteroatoms. The zero-order chi connectivity index (χ0) is 15.1. The molecule has 0 aromatic rings. The highest BCUT2D eigenvalue weighted by Crippen LogP contribution is 2.24. The second-order valence-electron chi connectivity index (χ2n) is 5.18. The summed E-state index contributed by atoms with van der Waals surface area (Å²) in [6.07, 6.45) is 1.82. The van der Waals surface area contributed by atoms with E-state index in [1.807, 2.05) is 6.26 Å². The zero-order valence-electron chi connectivity index (χ0n) is 11.9. The number of nitrogens with one attached hydrogen (secondary N) is 1. The van der Waals surface area contributed by atoms with E-state index >= 15 is 0 Å². The highest BCUT2D eigenvalue weighted by Gasteiger charge is 2.26. The van der Waals surface area contributed by atoms with Gasteiger partial charge < -0.3 is 10.0 Å². The van der Waals surface area contributed by atoms with Crippen molar-refractivity contribution in [2.24, 2.45) is 5.41 Å². The molecule has 6 nitrogen and oxygen atoms in total. The molecule has 110 valence electrons. The third-order valence-corrected chi connectivity index (χ3v) is 3.08. The van der Waals surface area contributed by atoms with Gasteiger partial charge in [0.05, 0.1) is 6.42 Å². The fourth-order valence-corrected chi connectivity index (χ4v) is 1.95. The molecule has 0 unspecified atom stereocenters. The number of hydrogen-bond acceptors (Lipinski definition) is 4. The van der Waals surface area contributed by atoms with E-state index in [1.54, 1.807) is 32.7 Å². The Balaban J connectivity index is 4.23. The molecule has 3 amide bonds. The van der Waals surface area contributed by atoms with Crippen molar-refractivity contribution in [3.8, 4) is 0 Å². The number of carbonyl (C=O) groups is 3. The minimum absolute atomic E-state index is 0.00140. The van der Waals surface area contributed by atoms with Crippen molar-refractivity contribution < 1.29 is 19.5 Å². The second kappa shape index (κ2) is 8.04. The van der Waals surface area contributed by atoms with Gasteiger partial charge in [-0.2, -0.15) is 11.8 Å². The third-order valence-electron chi connectivity index (χ3n) is 2.49. The number of urea groups is 1. The number of carbonyl (C=O) groups excluding carboxylic acids is 2. The van der Waals surface area contributed by atoms with Gasteiger partial charge in [0.2, 0.25) is 5.91 Å². The van der Waals surface area contributed by atoms with Crippen LogP contribution in [0.4, 0.5) is 4.79 Å². The molecule has 0 aliphatic heterocycles. The summed E-state index contributed by atoms with van der Waals surface area (Å²) in [5, 5.41) is 11.0. The molecule has 0 radical (unpaired) electrons. The van der Waals surface area contributed by atoms with E-state index in [4.69, 9.17) is 5.11 Å². The van der Waals surface area contributed by atoms with E-state index < -0.39 is 23.3 Å². The van der Waals surface area contributed by atoms with Crippen LogP contribution >= 0.6 is 11.8 Å². The number of aliphatic carboxylic acids is 1. The summed E-state index contributed by atoms with van der Waals surface area (Å²) < 4.78 is 0. The molecule has 0 saturated heterocycles. The van der Waals surface area contributed by atoms with E-state index in [-0.39, 0.29) is 12.8 Å². The van der Waals surface area contributed by atoms with Crippen molar-refractivity contribution in [2.75, 3.05) is 25.6 Å². The van der Waals surface area contributed by atoms with Gasteiger partial charge in [0.1, 0.15) is 0 Å². The van der Waals surface area contributed by atoms with Crippen LogP contribution in [-0.2, 0) is 9.59 Å². The average Bonchev–Trinajstić information content (AvgIpc) is 2.22. The summed E-state index contributed by atoms with van der Waals surface area (Å²) in [6, 6.07) is -0.454. The predicted molar refractivity (Wildman–Crippen MR) is 75.2 cm³/mol. The summed E-state index contributed by atoms with van der Waals surface area (Å²) in [5.74, 6) is -0.615. The first-order valence-electron chi connectivity index (χ1n) is 5.93. The first-order valence-corrected chi connectivity index (χ1v) is 7.33. The van der Waals surface area contributed by atoms with Crippen molar-refractivity contribution in [2.45, 2.75) is 26.7 Å². The topological polar surface area (TPSA) is 86.7 Å². The predicted octanol–water partition coefficient (Wildman–Crippen LogP) is 1.41. The number of imide groups is 1. The molecule has 0 rings (SSSR count).